The zero-order valence-corrected chi connectivity index (χ0v) is 17.9. The number of nitrogens with one attached hydrogen (secondary N) is 2. The number of carbonyl (C=O) groups is 2. The van der Waals surface area contributed by atoms with Crippen molar-refractivity contribution in [2.45, 2.75) is 13.0 Å². The van der Waals surface area contributed by atoms with E-state index in [1.165, 1.54) is 16.8 Å². The molecule has 3 rings (SSSR count). The fourth-order valence-electron chi connectivity index (χ4n) is 2.89. The molecule has 0 aromatic heterocycles. The van der Waals surface area contributed by atoms with Crippen LogP contribution in [0.2, 0.25) is 0 Å². The van der Waals surface area contributed by atoms with Crippen LogP contribution in [0.3, 0.4) is 0 Å². The van der Waals surface area contributed by atoms with Crippen molar-refractivity contribution in [1.82, 2.24) is 10.3 Å². The molecule has 2 N–H and O–H groups in total. The van der Waals surface area contributed by atoms with E-state index in [4.69, 9.17) is 10.00 Å². The van der Waals surface area contributed by atoms with E-state index in [9.17, 15) is 9.59 Å². The van der Waals surface area contributed by atoms with Crippen LogP contribution in [0.25, 0.3) is 0 Å². The van der Waals surface area contributed by atoms with Crippen molar-refractivity contribution in [1.29, 1.82) is 5.26 Å². The predicted molar refractivity (Wildman–Crippen MR) is 121 cm³/mol. The summed E-state index contributed by atoms with van der Waals surface area (Å²) in [5.74, 6) is 0.474. The number of nitriles is 1. The standard InChI is InChI=1S/C22H23N5O3S/c1-24-10-3-11-30-21(28)25-19-5-2-4-17(12-19)14-27-22(29)31-15-20(26-27)18-8-6-16(13-23)7-9-18/h2,4-9,12,24H,3,10-11,14-15H2,1H3,(H,25,28). The lowest BCUT2D eigenvalue weighted by Crippen LogP contribution is -2.29. The first-order valence-corrected chi connectivity index (χ1v) is 10.8. The number of hydrogen-bond acceptors (Lipinski definition) is 7. The van der Waals surface area contributed by atoms with Crippen LogP contribution in [0.15, 0.2) is 53.6 Å². The Morgan fingerprint density at radius 1 is 1.29 bits per heavy atom. The highest BCUT2D eigenvalue weighted by Crippen LogP contribution is 2.23. The Labute approximate surface area is 185 Å². The fraction of sp³-hybridized carbons (Fsp3) is 0.273. The number of anilines is 1. The number of hydrogen-bond donors (Lipinski definition) is 2. The van der Waals surface area contributed by atoms with Crippen molar-refractivity contribution >= 4 is 34.5 Å². The summed E-state index contributed by atoms with van der Waals surface area (Å²) >= 11 is 1.18. The summed E-state index contributed by atoms with van der Waals surface area (Å²) in [6.07, 6.45) is 0.220. The second-order valence-corrected chi connectivity index (χ2v) is 7.69. The third kappa shape index (κ3) is 6.57. The van der Waals surface area contributed by atoms with Gasteiger partial charge in [0.05, 0.1) is 30.5 Å². The number of rotatable bonds is 8. The first-order valence-electron chi connectivity index (χ1n) is 9.78. The first kappa shape index (κ1) is 22.3. The van der Waals surface area contributed by atoms with Gasteiger partial charge in [-0.25, -0.2) is 9.80 Å². The van der Waals surface area contributed by atoms with E-state index < -0.39 is 6.09 Å². The third-order valence-electron chi connectivity index (χ3n) is 4.44. The van der Waals surface area contributed by atoms with Gasteiger partial charge in [-0.05, 0) is 55.4 Å². The molecule has 0 spiro atoms. The Morgan fingerprint density at radius 2 is 2.10 bits per heavy atom. The van der Waals surface area contributed by atoms with Crippen molar-refractivity contribution in [2.24, 2.45) is 5.10 Å². The van der Waals surface area contributed by atoms with Gasteiger partial charge in [0.25, 0.3) is 0 Å². The van der Waals surface area contributed by atoms with Crippen LogP contribution in [0.1, 0.15) is 23.1 Å². The Morgan fingerprint density at radius 3 is 2.84 bits per heavy atom. The van der Waals surface area contributed by atoms with Crippen LogP contribution in [0.5, 0.6) is 0 Å². The van der Waals surface area contributed by atoms with Gasteiger partial charge in [0.2, 0.25) is 0 Å². The highest BCUT2D eigenvalue weighted by atomic mass is 32.2. The molecule has 0 radical (unpaired) electrons. The maximum absolute atomic E-state index is 12.4. The van der Waals surface area contributed by atoms with Crippen LogP contribution in [0.4, 0.5) is 15.3 Å². The number of ether oxygens (including phenoxy) is 1. The summed E-state index contributed by atoms with van der Waals surface area (Å²) in [5, 5.41) is 20.4. The van der Waals surface area contributed by atoms with Gasteiger partial charge in [0.15, 0.2) is 0 Å². The Kier molecular flexibility index (Phi) is 8.04. The summed E-state index contributed by atoms with van der Waals surface area (Å²) in [4.78, 5) is 24.3. The number of nitrogens with zero attached hydrogens (tertiary/aromatic N) is 3. The molecule has 1 heterocycles. The number of carbonyl (C=O) groups excluding carboxylic acids is 2. The van der Waals surface area contributed by atoms with Crippen molar-refractivity contribution in [2.75, 3.05) is 31.3 Å². The number of amides is 2. The van der Waals surface area contributed by atoms with E-state index in [0.29, 0.717) is 23.6 Å². The van der Waals surface area contributed by atoms with Crippen molar-refractivity contribution in [3.63, 3.8) is 0 Å². The summed E-state index contributed by atoms with van der Waals surface area (Å²) in [6.45, 7) is 1.38. The van der Waals surface area contributed by atoms with Gasteiger partial charge in [-0.2, -0.15) is 10.4 Å². The van der Waals surface area contributed by atoms with E-state index in [2.05, 4.69) is 21.8 Å². The predicted octanol–water partition coefficient (Wildman–Crippen LogP) is 3.79. The van der Waals surface area contributed by atoms with Gasteiger partial charge < -0.3 is 10.1 Å². The minimum Gasteiger partial charge on any atom is -0.449 e. The largest absolute Gasteiger partial charge is 0.449 e. The van der Waals surface area contributed by atoms with Gasteiger partial charge in [-0.3, -0.25) is 10.1 Å². The van der Waals surface area contributed by atoms with Crippen LogP contribution < -0.4 is 10.6 Å². The quantitative estimate of drug-likeness (QED) is 0.609. The SMILES string of the molecule is CNCCCOC(=O)Nc1cccc(CN2N=C(c3ccc(C#N)cc3)CSC2=O)c1. The molecular formula is C22H23N5O3S. The lowest BCUT2D eigenvalue weighted by molar-refractivity contribution is 0.160. The maximum atomic E-state index is 12.4. The van der Waals surface area contributed by atoms with E-state index >= 15 is 0 Å². The van der Waals surface area contributed by atoms with Crippen LogP contribution in [-0.4, -0.2) is 48.0 Å². The zero-order valence-electron chi connectivity index (χ0n) is 17.1. The van der Waals surface area contributed by atoms with Gasteiger partial charge in [0, 0.05) is 11.4 Å². The lowest BCUT2D eigenvalue weighted by atomic mass is 10.1. The molecule has 0 bridgehead atoms. The molecule has 0 aliphatic carbocycles. The summed E-state index contributed by atoms with van der Waals surface area (Å²) < 4.78 is 5.13. The smallest absolute Gasteiger partial charge is 0.411 e. The van der Waals surface area contributed by atoms with Crippen molar-refractivity contribution in [3.8, 4) is 6.07 Å². The van der Waals surface area contributed by atoms with Crippen LogP contribution in [-0.2, 0) is 11.3 Å². The molecule has 0 saturated heterocycles. The maximum Gasteiger partial charge on any atom is 0.411 e. The third-order valence-corrected chi connectivity index (χ3v) is 5.32. The topological polar surface area (TPSA) is 107 Å². The molecule has 0 fully saturated rings. The Bertz CT molecular complexity index is 1000. The van der Waals surface area contributed by atoms with Gasteiger partial charge >= 0.3 is 11.3 Å². The van der Waals surface area contributed by atoms with Crippen LogP contribution in [0, 0.1) is 11.3 Å². The zero-order chi connectivity index (χ0) is 22.1. The van der Waals surface area contributed by atoms with E-state index in [0.717, 1.165) is 29.8 Å². The first-order chi connectivity index (χ1) is 15.1. The van der Waals surface area contributed by atoms with E-state index in [1.54, 1.807) is 30.3 Å². The molecule has 160 valence electrons. The van der Waals surface area contributed by atoms with Gasteiger partial charge in [-0.1, -0.05) is 36.0 Å². The second kappa shape index (κ2) is 11.2. The summed E-state index contributed by atoms with van der Waals surface area (Å²) in [6, 6.07) is 16.4. The molecule has 1 aliphatic heterocycles. The number of hydrazone groups is 1. The molecule has 31 heavy (non-hydrogen) atoms. The van der Waals surface area contributed by atoms with Crippen LogP contribution >= 0.6 is 11.8 Å². The minimum absolute atomic E-state index is 0.139. The summed E-state index contributed by atoms with van der Waals surface area (Å²) in [7, 11) is 1.84. The highest BCUT2D eigenvalue weighted by molar-refractivity contribution is 8.14. The van der Waals surface area contributed by atoms with E-state index in [1.807, 2.05) is 25.2 Å². The second-order valence-electron chi connectivity index (χ2n) is 6.77. The monoisotopic (exact) mass is 437 g/mol. The molecule has 8 nitrogen and oxygen atoms in total. The molecule has 0 unspecified atom stereocenters. The van der Waals surface area contributed by atoms with Crippen molar-refractivity contribution < 1.29 is 14.3 Å². The number of thioether (sulfide) groups is 1. The normalized spacial score (nSPS) is 13.4. The molecule has 2 amide bonds. The molecular weight excluding hydrogens is 414 g/mol. The Balaban J connectivity index is 1.65. The average molecular weight is 438 g/mol. The van der Waals surface area contributed by atoms with Gasteiger partial charge in [-0.15, -0.1) is 0 Å². The fourth-order valence-corrected chi connectivity index (χ4v) is 3.63. The molecule has 0 saturated carbocycles. The Hall–Kier alpha value is -3.35. The van der Waals surface area contributed by atoms with Crippen molar-refractivity contribution in [3.05, 3.63) is 65.2 Å². The minimum atomic E-state index is -0.515. The van der Waals surface area contributed by atoms with Gasteiger partial charge in [0.1, 0.15) is 0 Å². The molecule has 0 atom stereocenters. The number of benzene rings is 2. The molecule has 1 aliphatic rings. The highest BCUT2D eigenvalue weighted by Gasteiger charge is 2.22. The lowest BCUT2D eigenvalue weighted by Gasteiger charge is -2.23. The average Bonchev–Trinajstić information content (AvgIpc) is 2.78. The van der Waals surface area contributed by atoms with E-state index in [-0.39, 0.29) is 11.8 Å². The molecule has 2 aromatic carbocycles. The molecule has 9 heteroatoms. The summed E-state index contributed by atoms with van der Waals surface area (Å²) in [5.41, 5.74) is 3.64. The molecule has 2 aromatic rings.